The van der Waals surface area contributed by atoms with E-state index in [-0.39, 0.29) is 0 Å². The predicted molar refractivity (Wildman–Crippen MR) is 196 cm³/mol. The van der Waals surface area contributed by atoms with Gasteiger partial charge in [0, 0.05) is 56.7 Å². The molecule has 3 heterocycles. The predicted octanol–water partition coefficient (Wildman–Crippen LogP) is 11.3. The summed E-state index contributed by atoms with van der Waals surface area (Å²) in [7, 11) is 0. The SMILES string of the molecule is Cc1cc(-c2cc3cccnc3c3ncccc23)ccc1-n1c2ccccc2c2cc(N(c3ccccc3)c3ccccc3)ccc21. The normalized spacial score (nSPS) is 11.5. The zero-order chi connectivity index (χ0) is 31.3. The number of nitrogens with zero attached hydrogens (tertiary/aromatic N) is 4. The molecule has 9 aromatic rings. The van der Waals surface area contributed by atoms with Gasteiger partial charge in [0.25, 0.3) is 0 Å². The van der Waals surface area contributed by atoms with Gasteiger partial charge in [-0.15, -0.1) is 0 Å². The highest BCUT2D eigenvalue weighted by molar-refractivity contribution is 6.12. The largest absolute Gasteiger partial charge is 0.310 e. The number of aromatic nitrogens is 3. The fraction of sp³-hybridized carbons (Fsp3) is 0.0233. The number of hydrogen-bond acceptors (Lipinski definition) is 3. The van der Waals surface area contributed by atoms with E-state index < -0.39 is 0 Å². The van der Waals surface area contributed by atoms with Crippen LogP contribution in [-0.2, 0) is 0 Å². The summed E-state index contributed by atoms with van der Waals surface area (Å²) in [5, 5.41) is 4.65. The Kier molecular flexibility index (Phi) is 6.32. The number of hydrogen-bond donors (Lipinski definition) is 0. The van der Waals surface area contributed by atoms with Gasteiger partial charge in [-0.3, -0.25) is 9.97 Å². The Balaban J connectivity index is 1.22. The summed E-state index contributed by atoms with van der Waals surface area (Å²) in [6.07, 6.45) is 3.69. The number of pyridine rings is 2. The molecule has 0 amide bonds. The minimum Gasteiger partial charge on any atom is -0.310 e. The molecule has 0 saturated carbocycles. The molecule has 222 valence electrons. The molecule has 47 heavy (non-hydrogen) atoms. The quantitative estimate of drug-likeness (QED) is 0.184. The van der Waals surface area contributed by atoms with Crippen LogP contribution in [0.4, 0.5) is 17.1 Å². The number of para-hydroxylation sites is 3. The average Bonchev–Trinajstić information content (AvgIpc) is 3.46. The summed E-state index contributed by atoms with van der Waals surface area (Å²) in [5.74, 6) is 0. The van der Waals surface area contributed by atoms with E-state index in [1.54, 1.807) is 0 Å². The zero-order valence-corrected chi connectivity index (χ0v) is 25.9. The molecule has 0 radical (unpaired) electrons. The van der Waals surface area contributed by atoms with Crippen LogP contribution in [0.15, 0.2) is 164 Å². The molecule has 4 nitrogen and oxygen atoms in total. The first-order valence-corrected chi connectivity index (χ1v) is 15.9. The lowest BCUT2D eigenvalue weighted by Gasteiger charge is -2.25. The van der Waals surface area contributed by atoms with Crippen LogP contribution in [0.2, 0.25) is 0 Å². The van der Waals surface area contributed by atoms with Crippen molar-refractivity contribution in [2.75, 3.05) is 4.90 Å². The summed E-state index contributed by atoms with van der Waals surface area (Å²) >= 11 is 0. The fourth-order valence-corrected chi connectivity index (χ4v) is 7.05. The molecule has 0 atom stereocenters. The van der Waals surface area contributed by atoms with Gasteiger partial charge >= 0.3 is 0 Å². The van der Waals surface area contributed by atoms with Crippen molar-refractivity contribution in [2.24, 2.45) is 0 Å². The molecule has 0 aliphatic rings. The van der Waals surface area contributed by atoms with Crippen molar-refractivity contribution in [1.82, 2.24) is 14.5 Å². The molecule has 0 aliphatic carbocycles. The monoisotopic (exact) mass is 602 g/mol. The second-order valence-corrected chi connectivity index (χ2v) is 12.0. The van der Waals surface area contributed by atoms with Crippen LogP contribution in [0.3, 0.4) is 0 Å². The third kappa shape index (κ3) is 4.45. The second kappa shape index (κ2) is 11.0. The molecule has 0 unspecified atom stereocenters. The maximum Gasteiger partial charge on any atom is 0.0970 e. The highest BCUT2D eigenvalue weighted by Crippen LogP contribution is 2.41. The molecule has 0 fully saturated rings. The molecule has 6 aromatic carbocycles. The topological polar surface area (TPSA) is 34.0 Å². The molecular formula is C43H30N4. The first-order chi connectivity index (χ1) is 23.2. The van der Waals surface area contributed by atoms with Gasteiger partial charge in [0.2, 0.25) is 0 Å². The summed E-state index contributed by atoms with van der Waals surface area (Å²) < 4.78 is 2.41. The zero-order valence-electron chi connectivity index (χ0n) is 25.9. The van der Waals surface area contributed by atoms with Gasteiger partial charge in [0.05, 0.1) is 22.1 Å². The van der Waals surface area contributed by atoms with Crippen LogP contribution in [-0.4, -0.2) is 14.5 Å². The Morgan fingerprint density at radius 2 is 1.15 bits per heavy atom. The van der Waals surface area contributed by atoms with E-state index in [9.17, 15) is 0 Å². The molecule has 9 rings (SSSR count). The molecule has 3 aromatic heterocycles. The third-order valence-electron chi connectivity index (χ3n) is 9.15. The van der Waals surface area contributed by atoms with Crippen molar-refractivity contribution in [3.05, 3.63) is 170 Å². The van der Waals surface area contributed by atoms with E-state index >= 15 is 0 Å². The van der Waals surface area contributed by atoms with Crippen LogP contribution >= 0.6 is 0 Å². The van der Waals surface area contributed by atoms with Crippen LogP contribution in [0.1, 0.15) is 5.56 Å². The van der Waals surface area contributed by atoms with Gasteiger partial charge in [-0.25, -0.2) is 0 Å². The van der Waals surface area contributed by atoms with Gasteiger partial charge in [-0.05, 0) is 102 Å². The van der Waals surface area contributed by atoms with E-state index in [0.29, 0.717) is 0 Å². The minimum atomic E-state index is 0.931. The summed E-state index contributed by atoms with van der Waals surface area (Å²) in [5.41, 5.74) is 12.3. The standard InChI is InChI=1S/C43H30N4/c1-29-26-30(37-27-31-12-10-24-44-42(31)43-36(37)18-11-25-45-43)20-22-39(29)47-40-19-9-8-17-35(40)38-28-34(21-23-41(38)47)46(32-13-4-2-5-14-32)33-15-6-3-7-16-33/h2-28H,1H3. The number of benzene rings is 6. The molecule has 0 saturated heterocycles. The van der Waals surface area contributed by atoms with Crippen molar-refractivity contribution in [3.63, 3.8) is 0 Å². The highest BCUT2D eigenvalue weighted by Gasteiger charge is 2.18. The Hall–Kier alpha value is -6.26. The number of anilines is 3. The molecule has 0 spiro atoms. The van der Waals surface area contributed by atoms with Crippen LogP contribution in [0, 0.1) is 6.92 Å². The fourth-order valence-electron chi connectivity index (χ4n) is 7.05. The first kappa shape index (κ1) is 27.1. The van der Waals surface area contributed by atoms with Crippen LogP contribution in [0.25, 0.3) is 60.4 Å². The Morgan fingerprint density at radius 3 is 1.91 bits per heavy atom. The lowest BCUT2D eigenvalue weighted by Crippen LogP contribution is -2.09. The van der Waals surface area contributed by atoms with E-state index in [4.69, 9.17) is 4.98 Å². The minimum absolute atomic E-state index is 0.931. The maximum atomic E-state index is 4.73. The molecular weight excluding hydrogens is 573 g/mol. The average molecular weight is 603 g/mol. The Labute approximate surface area is 272 Å². The van der Waals surface area contributed by atoms with Crippen molar-refractivity contribution < 1.29 is 0 Å². The van der Waals surface area contributed by atoms with E-state index in [1.165, 1.54) is 38.6 Å². The maximum absolute atomic E-state index is 4.73. The second-order valence-electron chi connectivity index (χ2n) is 12.0. The molecule has 0 N–H and O–H groups in total. The van der Waals surface area contributed by atoms with Crippen molar-refractivity contribution in [1.29, 1.82) is 0 Å². The van der Waals surface area contributed by atoms with Crippen molar-refractivity contribution >= 4 is 60.7 Å². The Morgan fingerprint density at radius 1 is 0.489 bits per heavy atom. The van der Waals surface area contributed by atoms with Crippen LogP contribution in [0.5, 0.6) is 0 Å². The van der Waals surface area contributed by atoms with Crippen LogP contribution < -0.4 is 4.90 Å². The first-order valence-electron chi connectivity index (χ1n) is 15.9. The number of aryl methyl sites for hydroxylation is 1. The molecule has 4 heteroatoms. The smallest absolute Gasteiger partial charge is 0.0970 e. The van der Waals surface area contributed by atoms with Gasteiger partial charge < -0.3 is 9.47 Å². The Bertz CT molecular complexity index is 2550. The van der Waals surface area contributed by atoms with Gasteiger partial charge in [0.15, 0.2) is 0 Å². The number of fused-ring (bicyclic) bond motifs is 6. The highest BCUT2D eigenvalue weighted by atomic mass is 15.1. The van der Waals surface area contributed by atoms with E-state index in [0.717, 1.165) is 44.4 Å². The van der Waals surface area contributed by atoms with Crippen molar-refractivity contribution in [2.45, 2.75) is 6.92 Å². The van der Waals surface area contributed by atoms with E-state index in [1.807, 2.05) is 24.5 Å². The number of rotatable bonds is 5. The molecule has 0 bridgehead atoms. The van der Waals surface area contributed by atoms with Gasteiger partial charge in [0.1, 0.15) is 0 Å². The van der Waals surface area contributed by atoms with Gasteiger partial charge in [-0.1, -0.05) is 72.8 Å². The van der Waals surface area contributed by atoms with Gasteiger partial charge in [-0.2, -0.15) is 0 Å². The van der Waals surface area contributed by atoms with Crippen molar-refractivity contribution in [3.8, 4) is 16.8 Å². The summed E-state index contributed by atoms with van der Waals surface area (Å²) in [6, 6.07) is 54.0. The summed E-state index contributed by atoms with van der Waals surface area (Å²) in [6.45, 7) is 2.21. The lowest BCUT2D eigenvalue weighted by atomic mass is 9.96. The molecule has 0 aliphatic heterocycles. The third-order valence-corrected chi connectivity index (χ3v) is 9.15. The lowest BCUT2D eigenvalue weighted by molar-refractivity contribution is 1.15. The van der Waals surface area contributed by atoms with E-state index in [2.05, 4.69) is 161 Å². The summed E-state index contributed by atoms with van der Waals surface area (Å²) in [4.78, 5) is 11.7.